The lowest BCUT2D eigenvalue weighted by Crippen LogP contribution is -2.18. The first-order valence-electron chi connectivity index (χ1n) is 4.74. The summed E-state index contributed by atoms with van der Waals surface area (Å²) in [5.74, 6) is 0.0404. The standard InChI is InChI=1S/C11H17N3O/c1-11(2,3)7-4-5-9(12)8(6-7)10(13)14-15/h4-6,15H,12H2,1-3H3,(H2,13,14). The molecule has 0 spiro atoms. The van der Waals surface area contributed by atoms with E-state index in [-0.39, 0.29) is 11.3 Å². The molecule has 0 aliphatic rings. The number of rotatable bonds is 1. The molecule has 1 rings (SSSR count). The minimum Gasteiger partial charge on any atom is -0.409 e. The minimum absolute atomic E-state index is 0.0121. The predicted octanol–water partition coefficient (Wildman–Crippen LogP) is 1.66. The van der Waals surface area contributed by atoms with Crippen LogP contribution in [0.3, 0.4) is 0 Å². The molecule has 0 amide bonds. The van der Waals surface area contributed by atoms with Crippen LogP contribution >= 0.6 is 0 Å². The molecule has 4 heteroatoms. The highest BCUT2D eigenvalue weighted by Crippen LogP contribution is 2.25. The number of benzene rings is 1. The first-order chi connectivity index (χ1) is 6.86. The molecule has 5 N–H and O–H groups in total. The van der Waals surface area contributed by atoms with Gasteiger partial charge in [0.05, 0.1) is 0 Å². The molecule has 1 aromatic carbocycles. The summed E-state index contributed by atoms with van der Waals surface area (Å²) in [6.45, 7) is 6.28. The first kappa shape index (κ1) is 11.4. The van der Waals surface area contributed by atoms with Crippen LogP contribution in [-0.2, 0) is 5.41 Å². The molecule has 0 heterocycles. The molecule has 0 atom stereocenters. The van der Waals surface area contributed by atoms with Crippen molar-refractivity contribution in [1.82, 2.24) is 0 Å². The predicted molar refractivity (Wildman–Crippen MR) is 62.1 cm³/mol. The average molecular weight is 207 g/mol. The number of nitrogen functional groups attached to an aromatic ring is 1. The van der Waals surface area contributed by atoms with E-state index in [2.05, 4.69) is 25.9 Å². The summed E-state index contributed by atoms with van der Waals surface area (Å²) >= 11 is 0. The fourth-order valence-electron chi connectivity index (χ4n) is 1.30. The van der Waals surface area contributed by atoms with Gasteiger partial charge in [0.15, 0.2) is 5.84 Å². The highest BCUT2D eigenvalue weighted by molar-refractivity contribution is 6.01. The quantitative estimate of drug-likeness (QED) is 0.215. The third kappa shape index (κ3) is 2.40. The summed E-state index contributed by atoms with van der Waals surface area (Å²) < 4.78 is 0. The molecule has 0 bridgehead atoms. The van der Waals surface area contributed by atoms with Gasteiger partial charge in [0.25, 0.3) is 0 Å². The van der Waals surface area contributed by atoms with Crippen molar-refractivity contribution in [2.24, 2.45) is 10.9 Å². The van der Waals surface area contributed by atoms with Crippen molar-refractivity contribution in [1.29, 1.82) is 0 Å². The van der Waals surface area contributed by atoms with E-state index in [9.17, 15) is 0 Å². The van der Waals surface area contributed by atoms with Crippen molar-refractivity contribution in [3.8, 4) is 0 Å². The second-order valence-corrected chi connectivity index (χ2v) is 4.54. The van der Waals surface area contributed by atoms with Crippen LogP contribution in [0.5, 0.6) is 0 Å². The molecule has 0 aromatic heterocycles. The maximum atomic E-state index is 8.61. The number of anilines is 1. The van der Waals surface area contributed by atoms with Crippen LogP contribution in [0, 0.1) is 0 Å². The summed E-state index contributed by atoms with van der Waals surface area (Å²) in [5.41, 5.74) is 13.5. The summed E-state index contributed by atoms with van der Waals surface area (Å²) in [4.78, 5) is 0. The molecule has 0 saturated carbocycles. The lowest BCUT2D eigenvalue weighted by molar-refractivity contribution is 0.318. The molecule has 0 fully saturated rings. The van der Waals surface area contributed by atoms with Gasteiger partial charge in [0.1, 0.15) is 0 Å². The number of nitrogens with two attached hydrogens (primary N) is 2. The molecule has 1 aromatic rings. The fourth-order valence-corrected chi connectivity index (χ4v) is 1.30. The highest BCUT2D eigenvalue weighted by Gasteiger charge is 2.16. The Morgan fingerprint density at radius 1 is 1.33 bits per heavy atom. The fraction of sp³-hybridized carbons (Fsp3) is 0.364. The van der Waals surface area contributed by atoms with Gasteiger partial charge < -0.3 is 16.7 Å². The molecule has 0 saturated heterocycles. The van der Waals surface area contributed by atoms with Crippen LogP contribution in [0.1, 0.15) is 31.9 Å². The number of amidine groups is 1. The molecule has 0 aliphatic heterocycles. The zero-order chi connectivity index (χ0) is 11.6. The van der Waals surface area contributed by atoms with E-state index in [0.717, 1.165) is 5.56 Å². The van der Waals surface area contributed by atoms with Crippen molar-refractivity contribution in [3.63, 3.8) is 0 Å². The number of hydrogen-bond acceptors (Lipinski definition) is 3. The van der Waals surface area contributed by atoms with E-state index in [1.807, 2.05) is 12.1 Å². The Labute approximate surface area is 89.6 Å². The second kappa shape index (κ2) is 3.81. The van der Waals surface area contributed by atoms with Gasteiger partial charge in [-0.3, -0.25) is 0 Å². The summed E-state index contributed by atoms with van der Waals surface area (Å²) in [6, 6.07) is 5.57. The van der Waals surface area contributed by atoms with Crippen LogP contribution in [0.15, 0.2) is 23.4 Å². The Morgan fingerprint density at radius 2 is 1.93 bits per heavy atom. The molecule has 15 heavy (non-hydrogen) atoms. The zero-order valence-electron chi connectivity index (χ0n) is 9.28. The number of oxime groups is 1. The smallest absolute Gasteiger partial charge is 0.172 e. The van der Waals surface area contributed by atoms with Crippen molar-refractivity contribution in [2.75, 3.05) is 5.73 Å². The Kier molecular flexibility index (Phi) is 2.88. The van der Waals surface area contributed by atoms with E-state index in [1.54, 1.807) is 6.07 Å². The van der Waals surface area contributed by atoms with E-state index in [1.165, 1.54) is 0 Å². The van der Waals surface area contributed by atoms with Crippen LogP contribution in [-0.4, -0.2) is 11.0 Å². The summed E-state index contributed by atoms with van der Waals surface area (Å²) in [5, 5.41) is 11.6. The van der Waals surface area contributed by atoms with Gasteiger partial charge in [-0.1, -0.05) is 32.0 Å². The third-order valence-corrected chi connectivity index (χ3v) is 2.30. The number of hydrogen-bond donors (Lipinski definition) is 3. The number of nitrogens with zero attached hydrogens (tertiary/aromatic N) is 1. The third-order valence-electron chi connectivity index (χ3n) is 2.30. The van der Waals surface area contributed by atoms with Gasteiger partial charge in [-0.05, 0) is 23.1 Å². The van der Waals surface area contributed by atoms with Crippen molar-refractivity contribution < 1.29 is 5.21 Å². The van der Waals surface area contributed by atoms with E-state index < -0.39 is 0 Å². The average Bonchev–Trinajstić information content (AvgIpc) is 2.15. The van der Waals surface area contributed by atoms with Crippen LogP contribution in [0.25, 0.3) is 0 Å². The Balaban J connectivity index is 3.29. The second-order valence-electron chi connectivity index (χ2n) is 4.54. The minimum atomic E-state index is 0.0121. The van der Waals surface area contributed by atoms with Crippen LogP contribution in [0.4, 0.5) is 5.69 Å². The SMILES string of the molecule is CC(C)(C)c1ccc(N)c(/C(N)=N/O)c1. The monoisotopic (exact) mass is 207 g/mol. The van der Waals surface area contributed by atoms with Crippen molar-refractivity contribution >= 4 is 11.5 Å². The molecular weight excluding hydrogens is 190 g/mol. The van der Waals surface area contributed by atoms with Crippen LogP contribution in [0.2, 0.25) is 0 Å². The lowest BCUT2D eigenvalue weighted by Gasteiger charge is -2.20. The Morgan fingerprint density at radius 3 is 2.40 bits per heavy atom. The normalized spacial score (nSPS) is 12.9. The van der Waals surface area contributed by atoms with Crippen molar-refractivity contribution in [3.05, 3.63) is 29.3 Å². The molecule has 0 unspecified atom stereocenters. The van der Waals surface area contributed by atoms with Gasteiger partial charge in [0.2, 0.25) is 0 Å². The zero-order valence-corrected chi connectivity index (χ0v) is 9.28. The molecule has 0 aliphatic carbocycles. The van der Waals surface area contributed by atoms with E-state index >= 15 is 0 Å². The molecule has 82 valence electrons. The van der Waals surface area contributed by atoms with Gasteiger partial charge in [-0.2, -0.15) is 0 Å². The summed E-state index contributed by atoms with van der Waals surface area (Å²) in [7, 11) is 0. The molecule has 4 nitrogen and oxygen atoms in total. The summed E-state index contributed by atoms with van der Waals surface area (Å²) in [6.07, 6.45) is 0. The Bertz CT molecular complexity index is 391. The molecule has 0 radical (unpaired) electrons. The first-order valence-corrected chi connectivity index (χ1v) is 4.74. The van der Waals surface area contributed by atoms with Gasteiger partial charge >= 0.3 is 0 Å². The Hall–Kier alpha value is -1.71. The lowest BCUT2D eigenvalue weighted by atomic mass is 9.86. The maximum Gasteiger partial charge on any atom is 0.172 e. The van der Waals surface area contributed by atoms with E-state index in [0.29, 0.717) is 11.3 Å². The van der Waals surface area contributed by atoms with Gasteiger partial charge in [-0.15, -0.1) is 0 Å². The topological polar surface area (TPSA) is 84.6 Å². The highest BCUT2D eigenvalue weighted by atomic mass is 16.4. The van der Waals surface area contributed by atoms with E-state index in [4.69, 9.17) is 16.7 Å². The van der Waals surface area contributed by atoms with Crippen LogP contribution < -0.4 is 11.5 Å². The van der Waals surface area contributed by atoms with Crippen molar-refractivity contribution in [2.45, 2.75) is 26.2 Å². The maximum absolute atomic E-state index is 8.61. The van der Waals surface area contributed by atoms with Gasteiger partial charge in [0, 0.05) is 11.3 Å². The largest absolute Gasteiger partial charge is 0.409 e. The molecular formula is C11H17N3O. The van der Waals surface area contributed by atoms with Gasteiger partial charge in [-0.25, -0.2) is 0 Å².